The van der Waals surface area contributed by atoms with Gasteiger partial charge in [0.1, 0.15) is 18.1 Å². The molecule has 0 aliphatic carbocycles. The quantitative estimate of drug-likeness (QED) is 0.556. The molecule has 0 bridgehead atoms. The summed E-state index contributed by atoms with van der Waals surface area (Å²) in [6.07, 6.45) is 0.0817. The van der Waals surface area contributed by atoms with Gasteiger partial charge in [-0.3, -0.25) is 9.59 Å². The van der Waals surface area contributed by atoms with Gasteiger partial charge >= 0.3 is 11.9 Å². The van der Waals surface area contributed by atoms with E-state index in [0.29, 0.717) is 12.8 Å². The van der Waals surface area contributed by atoms with Crippen molar-refractivity contribution in [3.8, 4) is 0 Å². The molecule has 0 aromatic rings. The molecule has 0 saturated carbocycles. The number of hydrogen-bond acceptors (Lipinski definition) is 6. The first kappa shape index (κ1) is 17.7. The lowest BCUT2D eigenvalue weighted by atomic mass is 9.86. The minimum atomic E-state index is -3.91. The van der Waals surface area contributed by atoms with Gasteiger partial charge < -0.3 is 14.7 Å². The molecule has 1 N–H and O–H groups in total. The van der Waals surface area contributed by atoms with Gasteiger partial charge in [0.05, 0.1) is 4.75 Å². The summed E-state index contributed by atoms with van der Waals surface area (Å²) in [5.41, 5.74) is 0. The Balaban J connectivity index is 2.44. The Hall–Kier alpha value is -1.64. The number of nitrogens with zero attached hydrogens (tertiary/aromatic N) is 1. The van der Waals surface area contributed by atoms with E-state index in [1.165, 1.54) is 20.8 Å². The summed E-state index contributed by atoms with van der Waals surface area (Å²) < 4.78 is 29.0. The average molecular weight is 347 g/mol. The molecule has 2 heterocycles. The lowest BCUT2D eigenvalue weighted by Gasteiger charge is -2.45. The number of carbonyl (C=O) groups is 3. The number of ether oxygens (including phenoxy) is 1. The third-order valence-corrected chi connectivity index (χ3v) is 7.48. The number of carbonyl (C=O) groups excluding carboxylic acids is 2. The predicted molar refractivity (Wildman–Crippen MR) is 79.0 cm³/mol. The summed E-state index contributed by atoms with van der Waals surface area (Å²) in [5.74, 6) is -3.57. The second-order valence-electron chi connectivity index (χ2n) is 6.49. The zero-order valence-electron chi connectivity index (χ0n) is 13.5. The lowest BCUT2D eigenvalue weighted by molar-refractivity contribution is -0.175. The van der Waals surface area contributed by atoms with Gasteiger partial charge in [0.15, 0.2) is 15.2 Å². The van der Waals surface area contributed by atoms with Crippen LogP contribution in [0, 0.1) is 5.92 Å². The minimum absolute atomic E-state index is 0.341. The van der Waals surface area contributed by atoms with Crippen molar-refractivity contribution in [2.24, 2.45) is 5.92 Å². The number of β-lactam (4-membered cyclic amide) rings is 1. The number of rotatable bonds is 5. The molecular weight excluding hydrogens is 326 g/mol. The van der Waals surface area contributed by atoms with Crippen LogP contribution in [0.4, 0.5) is 0 Å². The molecule has 1 amide bonds. The van der Waals surface area contributed by atoms with Gasteiger partial charge in [0, 0.05) is 6.92 Å². The van der Waals surface area contributed by atoms with Gasteiger partial charge in [-0.15, -0.1) is 0 Å². The van der Waals surface area contributed by atoms with Crippen molar-refractivity contribution in [2.75, 3.05) is 0 Å². The van der Waals surface area contributed by atoms with Crippen molar-refractivity contribution in [3.05, 3.63) is 0 Å². The Bertz CT molecular complexity index is 654. The summed E-state index contributed by atoms with van der Waals surface area (Å²) >= 11 is 0. The molecule has 2 saturated heterocycles. The Morgan fingerprint density at radius 2 is 1.96 bits per heavy atom. The maximum atomic E-state index is 12.7. The van der Waals surface area contributed by atoms with Gasteiger partial charge in [-0.1, -0.05) is 13.3 Å². The van der Waals surface area contributed by atoms with Crippen molar-refractivity contribution in [3.63, 3.8) is 0 Å². The smallest absolute Gasteiger partial charge is 0.328 e. The van der Waals surface area contributed by atoms with Crippen molar-refractivity contribution in [1.29, 1.82) is 0 Å². The van der Waals surface area contributed by atoms with Gasteiger partial charge in [0.25, 0.3) is 0 Å². The fourth-order valence-corrected chi connectivity index (χ4v) is 5.85. The molecule has 9 heteroatoms. The second-order valence-corrected chi connectivity index (χ2v) is 9.11. The first-order chi connectivity index (χ1) is 10.5. The van der Waals surface area contributed by atoms with Gasteiger partial charge in [0.2, 0.25) is 5.91 Å². The van der Waals surface area contributed by atoms with E-state index < -0.39 is 55.9 Å². The Morgan fingerprint density at radius 1 is 1.39 bits per heavy atom. The molecule has 2 aliphatic rings. The van der Waals surface area contributed by atoms with Crippen molar-refractivity contribution >= 4 is 27.7 Å². The van der Waals surface area contributed by atoms with Crippen molar-refractivity contribution in [2.45, 2.75) is 62.8 Å². The highest BCUT2D eigenvalue weighted by Crippen LogP contribution is 2.50. The fraction of sp³-hybridized carbons (Fsp3) is 0.786. The molecule has 0 aromatic heterocycles. The number of amides is 1. The third-order valence-electron chi connectivity index (χ3n) is 4.63. The van der Waals surface area contributed by atoms with E-state index in [1.807, 2.05) is 6.92 Å². The van der Waals surface area contributed by atoms with Crippen molar-refractivity contribution in [1.82, 2.24) is 4.90 Å². The SMILES string of the molecule is CCC[C@@H](OC(C)=O)[C@@H]1C(=O)N2[C@@H](C(=O)O)C(C)(C)S(=O)(=O)[C@H]12. The highest BCUT2D eigenvalue weighted by atomic mass is 32.2. The number of carboxylic acids is 1. The van der Waals surface area contributed by atoms with Gasteiger partial charge in [-0.25, -0.2) is 13.2 Å². The Kier molecular flexibility index (Phi) is 4.21. The van der Waals surface area contributed by atoms with Crippen LogP contribution in [0.15, 0.2) is 0 Å². The van der Waals surface area contributed by atoms with Crippen LogP contribution in [-0.4, -0.2) is 58.5 Å². The molecular formula is C14H21NO7S. The first-order valence-corrected chi connectivity index (χ1v) is 8.98. The van der Waals surface area contributed by atoms with E-state index in [9.17, 15) is 27.9 Å². The van der Waals surface area contributed by atoms with Crippen LogP contribution in [0.25, 0.3) is 0 Å². The number of esters is 1. The monoisotopic (exact) mass is 347 g/mol. The zero-order chi connectivity index (χ0) is 17.7. The normalized spacial score (nSPS) is 31.9. The van der Waals surface area contributed by atoms with E-state index in [4.69, 9.17) is 4.74 Å². The predicted octanol–water partition coefficient (Wildman–Crippen LogP) is 0.163. The zero-order valence-corrected chi connectivity index (χ0v) is 14.3. The van der Waals surface area contributed by atoms with Crippen LogP contribution < -0.4 is 0 Å². The first-order valence-electron chi connectivity index (χ1n) is 7.44. The minimum Gasteiger partial charge on any atom is -0.480 e. The van der Waals surface area contributed by atoms with Crippen LogP contribution in [-0.2, 0) is 29.0 Å². The van der Waals surface area contributed by atoms with Crippen LogP contribution >= 0.6 is 0 Å². The molecule has 0 spiro atoms. The maximum Gasteiger partial charge on any atom is 0.328 e. The van der Waals surface area contributed by atoms with E-state index in [-0.39, 0.29) is 0 Å². The lowest BCUT2D eigenvalue weighted by Crippen LogP contribution is -2.66. The molecule has 2 aliphatic heterocycles. The van der Waals surface area contributed by atoms with Gasteiger partial charge in [-0.2, -0.15) is 0 Å². The molecule has 4 atom stereocenters. The molecule has 130 valence electrons. The van der Waals surface area contributed by atoms with E-state index in [1.54, 1.807) is 0 Å². The molecule has 0 aromatic carbocycles. The largest absolute Gasteiger partial charge is 0.480 e. The molecule has 8 nitrogen and oxygen atoms in total. The molecule has 23 heavy (non-hydrogen) atoms. The third kappa shape index (κ3) is 2.32. The number of aliphatic carboxylic acids is 1. The number of fused-ring (bicyclic) bond motifs is 1. The Labute approximate surface area is 134 Å². The molecule has 2 rings (SSSR count). The van der Waals surface area contributed by atoms with Crippen LogP contribution in [0.1, 0.15) is 40.5 Å². The van der Waals surface area contributed by atoms with Crippen LogP contribution in [0.3, 0.4) is 0 Å². The summed E-state index contributed by atoms with van der Waals surface area (Å²) in [4.78, 5) is 36.1. The average Bonchev–Trinajstić information content (AvgIpc) is 2.52. The van der Waals surface area contributed by atoms with E-state index >= 15 is 0 Å². The van der Waals surface area contributed by atoms with E-state index in [2.05, 4.69) is 0 Å². The molecule has 2 fully saturated rings. The molecule has 0 radical (unpaired) electrons. The second kappa shape index (κ2) is 5.47. The standard InChI is InChI=1S/C14H21NO7S/c1-5-6-8(22-7(2)16)9-11(17)15-10(13(18)19)14(3,4)23(20,21)12(9)15/h8-10,12H,5-6H2,1-4H3,(H,18,19)/t8-,9-,10+,12-/m1/s1. The van der Waals surface area contributed by atoms with Gasteiger partial charge in [-0.05, 0) is 20.3 Å². The van der Waals surface area contributed by atoms with Crippen LogP contribution in [0.2, 0.25) is 0 Å². The number of sulfone groups is 1. The summed E-state index contributed by atoms with van der Waals surface area (Å²) in [5, 5.41) is 8.10. The summed E-state index contributed by atoms with van der Waals surface area (Å²) in [6, 6.07) is -1.43. The fourth-order valence-electron chi connectivity index (χ4n) is 3.50. The topological polar surface area (TPSA) is 118 Å². The highest BCUT2D eigenvalue weighted by Gasteiger charge is 2.73. The summed E-state index contributed by atoms with van der Waals surface area (Å²) in [6.45, 7) is 5.64. The number of hydrogen-bond donors (Lipinski definition) is 1. The van der Waals surface area contributed by atoms with E-state index in [0.717, 1.165) is 4.90 Å². The van der Waals surface area contributed by atoms with Crippen LogP contribution in [0.5, 0.6) is 0 Å². The number of carboxylic acid groups (broad SMARTS) is 1. The Morgan fingerprint density at radius 3 is 2.39 bits per heavy atom. The maximum absolute atomic E-state index is 12.7. The molecule has 0 unspecified atom stereocenters. The van der Waals surface area contributed by atoms with Crippen molar-refractivity contribution < 1.29 is 32.6 Å². The summed E-state index contributed by atoms with van der Waals surface area (Å²) in [7, 11) is -3.91. The highest BCUT2D eigenvalue weighted by molar-refractivity contribution is 7.93.